The van der Waals surface area contributed by atoms with Gasteiger partial charge in [-0.2, -0.15) is 0 Å². The molecule has 0 saturated carbocycles. The summed E-state index contributed by atoms with van der Waals surface area (Å²) < 4.78 is 10.2. The zero-order valence-electron chi connectivity index (χ0n) is 19.6. The third-order valence-corrected chi connectivity index (χ3v) is 8.17. The van der Waals surface area contributed by atoms with E-state index in [2.05, 4.69) is 0 Å². The molecule has 0 bridgehead atoms. The fourth-order valence-corrected chi connectivity index (χ4v) is 6.16. The van der Waals surface area contributed by atoms with Crippen LogP contribution in [0.15, 0.2) is 82.7 Å². The molecule has 0 spiro atoms. The Kier molecular flexibility index (Phi) is 7.29. The Bertz CT molecular complexity index is 1640. The van der Waals surface area contributed by atoms with Gasteiger partial charge < -0.3 is 4.74 Å². The molecule has 5 nitrogen and oxygen atoms in total. The summed E-state index contributed by atoms with van der Waals surface area (Å²) in [6.45, 7) is 4.56. The Morgan fingerprint density at radius 3 is 2.28 bits per heavy atom. The molecule has 0 unspecified atom stereocenters. The summed E-state index contributed by atoms with van der Waals surface area (Å²) in [5, 5.41) is 1.28. The highest BCUT2D eigenvalue weighted by molar-refractivity contribution is 7.98. The maximum absolute atomic E-state index is 13.8. The number of nitrogens with zero attached hydrogens (tertiary/aromatic N) is 3. The van der Waals surface area contributed by atoms with Crippen molar-refractivity contribution >= 4 is 57.3 Å². The van der Waals surface area contributed by atoms with Crippen molar-refractivity contribution in [2.75, 3.05) is 6.61 Å². The fourth-order valence-electron chi connectivity index (χ4n) is 3.77. The van der Waals surface area contributed by atoms with Crippen molar-refractivity contribution in [2.24, 2.45) is 0 Å². The molecule has 2 aromatic heterocycles. The van der Waals surface area contributed by atoms with E-state index in [1.807, 2.05) is 91.2 Å². The van der Waals surface area contributed by atoms with Crippen LogP contribution in [0.1, 0.15) is 18.1 Å². The van der Waals surface area contributed by atoms with Crippen molar-refractivity contribution < 1.29 is 4.74 Å². The number of fused-ring (bicyclic) bond motifs is 1. The normalized spacial score (nSPS) is 11.2. The minimum Gasteiger partial charge on any atom is -0.494 e. The van der Waals surface area contributed by atoms with E-state index < -0.39 is 0 Å². The quantitative estimate of drug-likeness (QED) is 0.118. The van der Waals surface area contributed by atoms with Crippen LogP contribution < -0.4 is 10.3 Å². The largest absolute Gasteiger partial charge is 0.494 e. The van der Waals surface area contributed by atoms with Crippen LogP contribution in [-0.2, 0) is 5.75 Å². The van der Waals surface area contributed by atoms with Gasteiger partial charge in [0.15, 0.2) is 14.8 Å². The molecule has 0 aliphatic rings. The Morgan fingerprint density at radius 2 is 1.61 bits per heavy atom. The minimum atomic E-state index is -0.136. The van der Waals surface area contributed by atoms with Gasteiger partial charge in [-0.1, -0.05) is 64.5 Å². The summed E-state index contributed by atoms with van der Waals surface area (Å²) in [5.41, 5.74) is 4.23. The summed E-state index contributed by atoms with van der Waals surface area (Å²) in [5.74, 6) is 1.41. The molecule has 0 fully saturated rings. The van der Waals surface area contributed by atoms with Gasteiger partial charge >= 0.3 is 0 Å². The number of aromatic nitrogens is 3. The Balaban J connectivity index is 1.67. The SMILES string of the molecule is CCOc1ccc(-n2c(=S)sc3c(=O)n(-c4ccc(C)cc4)c(SCc4ccc(Cl)cc4)nc32)cc1. The van der Waals surface area contributed by atoms with Crippen LogP contribution in [0.4, 0.5) is 0 Å². The van der Waals surface area contributed by atoms with Gasteiger partial charge in [0.25, 0.3) is 5.56 Å². The second kappa shape index (κ2) is 10.6. The van der Waals surface area contributed by atoms with Gasteiger partial charge in [0.1, 0.15) is 10.4 Å². The van der Waals surface area contributed by atoms with Gasteiger partial charge in [-0.3, -0.25) is 13.9 Å². The smallest absolute Gasteiger partial charge is 0.278 e. The summed E-state index contributed by atoms with van der Waals surface area (Å²) in [6, 6.07) is 23.2. The molecule has 0 aliphatic heterocycles. The summed E-state index contributed by atoms with van der Waals surface area (Å²) in [4.78, 5) is 18.8. The van der Waals surface area contributed by atoms with Crippen molar-refractivity contribution in [3.63, 3.8) is 0 Å². The Morgan fingerprint density at radius 1 is 0.972 bits per heavy atom. The second-order valence-electron chi connectivity index (χ2n) is 8.07. The van der Waals surface area contributed by atoms with Crippen molar-refractivity contribution in [2.45, 2.75) is 24.8 Å². The highest BCUT2D eigenvalue weighted by Gasteiger charge is 2.19. The first-order valence-electron chi connectivity index (χ1n) is 11.3. The number of benzene rings is 3. The highest BCUT2D eigenvalue weighted by atomic mass is 35.5. The third-order valence-electron chi connectivity index (χ3n) is 5.56. The molecule has 0 radical (unpaired) electrons. The van der Waals surface area contributed by atoms with Crippen molar-refractivity contribution in [3.05, 3.63) is 103 Å². The Labute approximate surface area is 227 Å². The lowest BCUT2D eigenvalue weighted by Gasteiger charge is -2.13. The first-order valence-corrected chi connectivity index (χ1v) is 13.9. The van der Waals surface area contributed by atoms with Crippen LogP contribution in [-0.4, -0.2) is 20.7 Å². The molecule has 5 rings (SSSR count). The highest BCUT2D eigenvalue weighted by Crippen LogP contribution is 2.30. The summed E-state index contributed by atoms with van der Waals surface area (Å²) in [6.07, 6.45) is 0. The van der Waals surface area contributed by atoms with Crippen LogP contribution in [0, 0.1) is 10.9 Å². The van der Waals surface area contributed by atoms with Crippen LogP contribution in [0.5, 0.6) is 5.75 Å². The molecule has 36 heavy (non-hydrogen) atoms. The van der Waals surface area contributed by atoms with E-state index in [0.29, 0.717) is 36.8 Å². The van der Waals surface area contributed by atoms with E-state index in [-0.39, 0.29) is 5.56 Å². The maximum Gasteiger partial charge on any atom is 0.278 e. The molecule has 3 aromatic carbocycles. The van der Waals surface area contributed by atoms with Gasteiger partial charge in [-0.05, 0) is 80.2 Å². The van der Waals surface area contributed by atoms with E-state index >= 15 is 0 Å². The molecule has 182 valence electrons. The van der Waals surface area contributed by atoms with Crippen molar-refractivity contribution in [1.82, 2.24) is 14.1 Å². The molecule has 5 aromatic rings. The molecule has 0 saturated heterocycles. The maximum atomic E-state index is 13.8. The minimum absolute atomic E-state index is 0.136. The topological polar surface area (TPSA) is 49.0 Å². The number of aryl methyl sites for hydroxylation is 1. The molecule has 0 N–H and O–H groups in total. The average molecular weight is 552 g/mol. The number of thioether (sulfide) groups is 1. The number of hydrogen-bond donors (Lipinski definition) is 0. The number of hydrogen-bond acceptors (Lipinski definition) is 6. The predicted molar refractivity (Wildman–Crippen MR) is 152 cm³/mol. The lowest BCUT2D eigenvalue weighted by molar-refractivity contribution is 0.340. The summed E-state index contributed by atoms with van der Waals surface area (Å²) in [7, 11) is 0. The van der Waals surface area contributed by atoms with Crippen LogP contribution in [0.2, 0.25) is 5.02 Å². The monoisotopic (exact) mass is 551 g/mol. The van der Waals surface area contributed by atoms with Crippen LogP contribution in [0.25, 0.3) is 21.7 Å². The molecule has 0 atom stereocenters. The second-order valence-corrected chi connectivity index (χ2v) is 11.1. The van der Waals surface area contributed by atoms with Crippen molar-refractivity contribution in [3.8, 4) is 17.1 Å². The first kappa shape index (κ1) is 24.8. The van der Waals surface area contributed by atoms with Gasteiger partial charge in [0, 0.05) is 16.5 Å². The fraction of sp³-hybridized carbons (Fsp3) is 0.148. The summed E-state index contributed by atoms with van der Waals surface area (Å²) >= 11 is 14.5. The van der Waals surface area contributed by atoms with E-state index in [0.717, 1.165) is 28.3 Å². The van der Waals surface area contributed by atoms with Gasteiger partial charge in [-0.25, -0.2) is 4.98 Å². The molecule has 0 aliphatic carbocycles. The van der Waals surface area contributed by atoms with Gasteiger partial charge in [-0.15, -0.1) is 0 Å². The number of thiazole rings is 1. The van der Waals surface area contributed by atoms with Crippen LogP contribution >= 0.6 is 46.9 Å². The molecule has 9 heteroatoms. The van der Waals surface area contributed by atoms with E-state index in [1.54, 1.807) is 4.57 Å². The van der Waals surface area contributed by atoms with Crippen molar-refractivity contribution in [1.29, 1.82) is 0 Å². The zero-order chi connectivity index (χ0) is 25.2. The number of rotatable bonds is 7. The predicted octanol–water partition coefficient (Wildman–Crippen LogP) is 7.62. The molecular weight excluding hydrogens is 530 g/mol. The van der Waals surface area contributed by atoms with Gasteiger partial charge in [0.2, 0.25) is 0 Å². The van der Waals surface area contributed by atoms with E-state index in [4.69, 9.17) is 33.5 Å². The zero-order valence-corrected chi connectivity index (χ0v) is 22.8. The average Bonchev–Trinajstić information content (AvgIpc) is 3.21. The number of ether oxygens (including phenoxy) is 1. The Hall–Kier alpha value is -2.91. The molecular formula is C27H22ClN3O2S3. The molecule has 0 amide bonds. The van der Waals surface area contributed by atoms with Crippen LogP contribution in [0.3, 0.4) is 0 Å². The number of halogens is 1. The van der Waals surface area contributed by atoms with E-state index in [9.17, 15) is 4.79 Å². The molecule has 2 heterocycles. The lowest BCUT2D eigenvalue weighted by Crippen LogP contribution is -2.21. The standard InChI is InChI=1S/C27H22ClN3O2S3/c1-3-33-22-14-12-20(13-15-22)30-24-23(36-27(30)34)25(32)31(21-10-4-17(2)5-11-21)26(29-24)35-16-18-6-8-19(28)9-7-18/h4-15H,3,16H2,1-2H3. The lowest BCUT2D eigenvalue weighted by atomic mass is 10.2. The first-order chi connectivity index (χ1) is 17.4. The van der Waals surface area contributed by atoms with E-state index in [1.165, 1.54) is 23.1 Å². The van der Waals surface area contributed by atoms with Gasteiger partial charge in [0.05, 0.1) is 12.3 Å². The third kappa shape index (κ3) is 4.99.